The third-order valence-corrected chi connectivity index (χ3v) is 3.54. The van der Waals surface area contributed by atoms with Crippen LogP contribution < -0.4 is 0 Å². The maximum atomic E-state index is 11.7. The van der Waals surface area contributed by atoms with Gasteiger partial charge in [-0.1, -0.05) is 27.7 Å². The highest BCUT2D eigenvalue weighted by Gasteiger charge is 2.29. The minimum atomic E-state index is 0.352. The SMILES string of the molecule is CCCC(=O)N1CCC(C(C)(C)C)CC1. The fraction of sp³-hybridized carbons (Fsp3) is 0.923. The molecule has 0 aromatic heterocycles. The van der Waals surface area contributed by atoms with Gasteiger partial charge in [0.1, 0.15) is 0 Å². The van der Waals surface area contributed by atoms with E-state index >= 15 is 0 Å². The van der Waals surface area contributed by atoms with Crippen LogP contribution in [0.3, 0.4) is 0 Å². The highest BCUT2D eigenvalue weighted by molar-refractivity contribution is 5.76. The number of carbonyl (C=O) groups is 1. The second-order valence-electron chi connectivity index (χ2n) is 5.77. The third-order valence-electron chi connectivity index (χ3n) is 3.54. The molecule has 0 unspecified atom stereocenters. The van der Waals surface area contributed by atoms with E-state index in [0.717, 1.165) is 31.8 Å². The molecule has 15 heavy (non-hydrogen) atoms. The number of amides is 1. The van der Waals surface area contributed by atoms with Crippen LogP contribution in [0.2, 0.25) is 0 Å². The number of likely N-dealkylation sites (tertiary alicyclic amines) is 1. The van der Waals surface area contributed by atoms with Crippen molar-refractivity contribution in [2.45, 2.75) is 53.4 Å². The second kappa shape index (κ2) is 5.00. The van der Waals surface area contributed by atoms with Crippen molar-refractivity contribution >= 4 is 5.91 Å². The molecule has 0 spiro atoms. The molecular formula is C13H25NO. The van der Waals surface area contributed by atoms with Gasteiger partial charge in [-0.3, -0.25) is 4.79 Å². The summed E-state index contributed by atoms with van der Waals surface area (Å²) < 4.78 is 0. The van der Waals surface area contributed by atoms with Crippen LogP contribution in [0.4, 0.5) is 0 Å². The highest BCUT2D eigenvalue weighted by atomic mass is 16.2. The molecule has 0 N–H and O–H groups in total. The Morgan fingerprint density at radius 2 is 1.80 bits per heavy atom. The molecule has 0 atom stereocenters. The lowest BCUT2D eigenvalue weighted by atomic mass is 9.75. The first-order valence-electron chi connectivity index (χ1n) is 6.23. The van der Waals surface area contributed by atoms with Gasteiger partial charge in [-0.2, -0.15) is 0 Å². The minimum absolute atomic E-state index is 0.352. The summed E-state index contributed by atoms with van der Waals surface area (Å²) in [4.78, 5) is 13.7. The fourth-order valence-electron chi connectivity index (χ4n) is 2.37. The van der Waals surface area contributed by atoms with Gasteiger partial charge in [0.2, 0.25) is 5.91 Å². The number of nitrogens with zero attached hydrogens (tertiary/aromatic N) is 1. The Morgan fingerprint density at radius 3 is 2.20 bits per heavy atom. The molecular weight excluding hydrogens is 186 g/mol. The molecule has 2 heteroatoms. The Labute approximate surface area is 94.0 Å². The average Bonchev–Trinajstić information content (AvgIpc) is 2.17. The molecule has 1 heterocycles. The van der Waals surface area contributed by atoms with Crippen molar-refractivity contribution in [2.24, 2.45) is 11.3 Å². The number of carbonyl (C=O) groups excluding carboxylic acids is 1. The van der Waals surface area contributed by atoms with E-state index in [1.54, 1.807) is 0 Å². The van der Waals surface area contributed by atoms with Crippen LogP contribution in [-0.2, 0) is 4.79 Å². The Bertz CT molecular complexity index is 209. The largest absolute Gasteiger partial charge is 0.343 e. The van der Waals surface area contributed by atoms with Gasteiger partial charge < -0.3 is 4.90 Å². The van der Waals surface area contributed by atoms with Gasteiger partial charge in [-0.15, -0.1) is 0 Å². The quantitative estimate of drug-likeness (QED) is 0.687. The molecule has 1 aliphatic heterocycles. The van der Waals surface area contributed by atoms with E-state index in [9.17, 15) is 4.79 Å². The summed E-state index contributed by atoms with van der Waals surface area (Å²) in [5.74, 6) is 1.13. The number of rotatable bonds is 2. The lowest BCUT2D eigenvalue weighted by Gasteiger charge is -2.38. The van der Waals surface area contributed by atoms with E-state index in [1.807, 2.05) is 4.90 Å². The normalized spacial score (nSPS) is 19.3. The molecule has 0 saturated carbocycles. The molecule has 0 radical (unpaired) electrons. The average molecular weight is 211 g/mol. The van der Waals surface area contributed by atoms with Crippen molar-refractivity contribution in [3.8, 4) is 0 Å². The summed E-state index contributed by atoms with van der Waals surface area (Å²) in [6.45, 7) is 10.9. The number of hydrogen-bond donors (Lipinski definition) is 0. The Balaban J connectivity index is 2.39. The van der Waals surface area contributed by atoms with E-state index in [1.165, 1.54) is 12.8 Å². The zero-order chi connectivity index (χ0) is 11.5. The van der Waals surface area contributed by atoms with E-state index in [4.69, 9.17) is 0 Å². The van der Waals surface area contributed by atoms with E-state index in [-0.39, 0.29) is 0 Å². The lowest BCUT2D eigenvalue weighted by Crippen LogP contribution is -2.41. The third kappa shape index (κ3) is 3.51. The molecule has 0 aliphatic carbocycles. The maximum absolute atomic E-state index is 11.7. The number of piperidine rings is 1. The smallest absolute Gasteiger partial charge is 0.222 e. The monoisotopic (exact) mass is 211 g/mol. The summed E-state index contributed by atoms with van der Waals surface area (Å²) >= 11 is 0. The minimum Gasteiger partial charge on any atom is -0.343 e. The van der Waals surface area contributed by atoms with Crippen LogP contribution in [0.15, 0.2) is 0 Å². The first kappa shape index (κ1) is 12.5. The molecule has 2 nitrogen and oxygen atoms in total. The van der Waals surface area contributed by atoms with Gasteiger partial charge in [0.25, 0.3) is 0 Å². The molecule has 0 aromatic rings. The standard InChI is InChI=1S/C13H25NO/c1-5-6-12(15)14-9-7-11(8-10-14)13(2,3)4/h11H,5-10H2,1-4H3. The topological polar surface area (TPSA) is 20.3 Å². The summed E-state index contributed by atoms with van der Waals surface area (Å²) in [7, 11) is 0. The van der Waals surface area contributed by atoms with Crippen LogP contribution >= 0.6 is 0 Å². The molecule has 1 aliphatic rings. The highest BCUT2D eigenvalue weighted by Crippen LogP contribution is 2.34. The van der Waals surface area contributed by atoms with Crippen molar-refractivity contribution in [1.82, 2.24) is 4.90 Å². The van der Waals surface area contributed by atoms with Crippen molar-refractivity contribution in [3.63, 3.8) is 0 Å². The summed E-state index contributed by atoms with van der Waals surface area (Å²) in [5, 5.41) is 0. The molecule has 1 saturated heterocycles. The van der Waals surface area contributed by atoms with Gasteiger partial charge >= 0.3 is 0 Å². The van der Waals surface area contributed by atoms with Crippen LogP contribution in [0.25, 0.3) is 0 Å². The van der Waals surface area contributed by atoms with Crippen LogP contribution in [0.5, 0.6) is 0 Å². The molecule has 1 amide bonds. The molecule has 0 bridgehead atoms. The van der Waals surface area contributed by atoms with Gasteiger partial charge in [-0.25, -0.2) is 0 Å². The van der Waals surface area contributed by atoms with Gasteiger partial charge in [-0.05, 0) is 30.6 Å². The van der Waals surface area contributed by atoms with Crippen molar-refractivity contribution in [3.05, 3.63) is 0 Å². The molecule has 0 aromatic carbocycles. The van der Waals surface area contributed by atoms with Crippen LogP contribution in [-0.4, -0.2) is 23.9 Å². The summed E-state index contributed by atoms with van der Waals surface area (Å²) in [5.41, 5.74) is 0.403. The van der Waals surface area contributed by atoms with Gasteiger partial charge in [0.15, 0.2) is 0 Å². The van der Waals surface area contributed by atoms with Gasteiger partial charge in [0.05, 0.1) is 0 Å². The molecule has 1 fully saturated rings. The zero-order valence-electron chi connectivity index (χ0n) is 10.7. The predicted molar refractivity (Wildman–Crippen MR) is 63.7 cm³/mol. The molecule has 88 valence electrons. The Hall–Kier alpha value is -0.530. The zero-order valence-corrected chi connectivity index (χ0v) is 10.7. The first-order valence-corrected chi connectivity index (χ1v) is 6.23. The second-order valence-corrected chi connectivity index (χ2v) is 5.77. The maximum Gasteiger partial charge on any atom is 0.222 e. The number of hydrogen-bond acceptors (Lipinski definition) is 1. The van der Waals surface area contributed by atoms with Crippen molar-refractivity contribution in [2.75, 3.05) is 13.1 Å². The van der Waals surface area contributed by atoms with E-state index in [2.05, 4.69) is 27.7 Å². The van der Waals surface area contributed by atoms with E-state index < -0.39 is 0 Å². The predicted octanol–water partition coefficient (Wildman–Crippen LogP) is 3.07. The summed E-state index contributed by atoms with van der Waals surface area (Å²) in [6, 6.07) is 0. The van der Waals surface area contributed by atoms with Gasteiger partial charge in [0, 0.05) is 19.5 Å². The van der Waals surface area contributed by atoms with Crippen LogP contribution in [0, 0.1) is 11.3 Å². The van der Waals surface area contributed by atoms with Crippen LogP contribution in [0.1, 0.15) is 53.4 Å². The first-order chi connectivity index (χ1) is 6.95. The van der Waals surface area contributed by atoms with Crippen molar-refractivity contribution in [1.29, 1.82) is 0 Å². The van der Waals surface area contributed by atoms with E-state index in [0.29, 0.717) is 11.3 Å². The Kier molecular flexibility index (Phi) is 4.18. The lowest BCUT2D eigenvalue weighted by molar-refractivity contribution is -0.133. The fourth-order valence-corrected chi connectivity index (χ4v) is 2.37. The summed E-state index contributed by atoms with van der Waals surface area (Å²) in [6.07, 6.45) is 4.05. The Morgan fingerprint density at radius 1 is 1.27 bits per heavy atom. The molecule has 1 rings (SSSR count). The van der Waals surface area contributed by atoms with Crippen molar-refractivity contribution < 1.29 is 4.79 Å².